The molecule has 0 rings (SSSR count). The second kappa shape index (κ2) is 4.52. The molecule has 0 heterocycles. The molecule has 3 N–H and O–H groups in total. The van der Waals surface area contributed by atoms with Crippen molar-refractivity contribution in [3.05, 3.63) is 0 Å². The van der Waals surface area contributed by atoms with Crippen LogP contribution in [0.3, 0.4) is 0 Å². The molecule has 0 fully saturated rings. The lowest BCUT2D eigenvalue weighted by Gasteiger charge is -2.15. The van der Waals surface area contributed by atoms with Crippen LogP contribution in [0.25, 0.3) is 0 Å². The van der Waals surface area contributed by atoms with Gasteiger partial charge in [-0.2, -0.15) is 0 Å². The Bertz CT molecular complexity index is 109. The molecule has 0 aliphatic rings. The summed E-state index contributed by atoms with van der Waals surface area (Å²) >= 11 is 0. The van der Waals surface area contributed by atoms with Crippen LogP contribution >= 0.6 is 12.4 Å². The first-order valence-corrected chi connectivity index (χ1v) is 2.95. The summed E-state index contributed by atoms with van der Waals surface area (Å²) in [4.78, 5) is 10.6. The zero-order valence-electron chi connectivity index (χ0n) is 6.60. The van der Waals surface area contributed by atoms with Crippen LogP contribution in [0.1, 0.15) is 27.2 Å². The smallest absolute Gasteiger partial charge is 0.234 e. The van der Waals surface area contributed by atoms with E-state index in [0.29, 0.717) is 6.42 Å². The van der Waals surface area contributed by atoms with Crippen LogP contribution in [0.2, 0.25) is 0 Å². The molecule has 0 aliphatic heterocycles. The zero-order valence-corrected chi connectivity index (χ0v) is 7.42. The number of carbonyl (C=O) groups excluding carboxylic acids is 1. The summed E-state index contributed by atoms with van der Waals surface area (Å²) in [5.41, 5.74) is 2.11. The third-order valence-electron chi connectivity index (χ3n) is 0.852. The van der Waals surface area contributed by atoms with Crippen molar-refractivity contribution in [2.75, 3.05) is 0 Å². The quantitative estimate of drug-likeness (QED) is 0.345. The molecule has 0 spiro atoms. The van der Waals surface area contributed by atoms with Crippen LogP contribution in [-0.4, -0.2) is 5.91 Å². The van der Waals surface area contributed by atoms with Crippen LogP contribution in [0, 0.1) is 5.41 Å². The van der Waals surface area contributed by atoms with E-state index in [2.05, 4.69) is 5.43 Å². The Morgan fingerprint density at radius 2 is 1.90 bits per heavy atom. The highest BCUT2D eigenvalue weighted by atomic mass is 35.5. The molecule has 0 aromatic rings. The molecule has 0 bridgehead atoms. The van der Waals surface area contributed by atoms with Crippen molar-refractivity contribution < 1.29 is 4.79 Å². The van der Waals surface area contributed by atoms with Gasteiger partial charge < -0.3 is 0 Å². The molecular weight excluding hydrogens is 152 g/mol. The van der Waals surface area contributed by atoms with E-state index >= 15 is 0 Å². The van der Waals surface area contributed by atoms with Gasteiger partial charge in [0.15, 0.2) is 0 Å². The number of carbonyl (C=O) groups is 1. The van der Waals surface area contributed by atoms with Gasteiger partial charge in [0.2, 0.25) is 5.91 Å². The first kappa shape index (κ1) is 12.4. The molecule has 0 unspecified atom stereocenters. The van der Waals surface area contributed by atoms with E-state index in [1.807, 2.05) is 20.8 Å². The predicted octanol–water partition coefficient (Wildman–Crippen LogP) is 0.834. The monoisotopic (exact) mass is 166 g/mol. The summed E-state index contributed by atoms with van der Waals surface area (Å²) in [7, 11) is 0. The minimum absolute atomic E-state index is 0. The van der Waals surface area contributed by atoms with Crippen molar-refractivity contribution in [1.29, 1.82) is 0 Å². The number of amides is 1. The van der Waals surface area contributed by atoms with Gasteiger partial charge in [-0.25, -0.2) is 5.84 Å². The number of hydrazine groups is 1. The lowest BCUT2D eigenvalue weighted by atomic mass is 9.92. The standard InChI is InChI=1S/C6H14N2O.ClH/c1-6(2,3)4-5(9)8-7;/h4,7H2,1-3H3,(H,8,9);1H. The molecule has 4 heteroatoms. The Balaban J connectivity index is 0. The molecular formula is C6H15ClN2O. The molecule has 0 radical (unpaired) electrons. The molecule has 3 nitrogen and oxygen atoms in total. The summed E-state index contributed by atoms with van der Waals surface area (Å²) in [5.74, 6) is 4.77. The Hall–Kier alpha value is -0.280. The highest BCUT2D eigenvalue weighted by Crippen LogP contribution is 2.17. The minimum atomic E-state index is -0.109. The summed E-state index contributed by atoms with van der Waals surface area (Å²) in [6.07, 6.45) is 0.476. The second-order valence-electron chi connectivity index (χ2n) is 3.30. The van der Waals surface area contributed by atoms with Crippen LogP contribution in [0.5, 0.6) is 0 Å². The summed E-state index contributed by atoms with van der Waals surface area (Å²) in [6, 6.07) is 0. The van der Waals surface area contributed by atoms with Crippen LogP contribution < -0.4 is 11.3 Å². The highest BCUT2D eigenvalue weighted by molar-refractivity contribution is 5.85. The fourth-order valence-corrected chi connectivity index (χ4v) is 0.533. The number of hydrogen-bond donors (Lipinski definition) is 2. The molecule has 0 saturated carbocycles. The Morgan fingerprint density at radius 1 is 1.50 bits per heavy atom. The maximum Gasteiger partial charge on any atom is 0.234 e. The van der Waals surface area contributed by atoms with Crippen LogP contribution in [-0.2, 0) is 4.79 Å². The number of rotatable bonds is 1. The van der Waals surface area contributed by atoms with Gasteiger partial charge in [0.05, 0.1) is 0 Å². The third-order valence-corrected chi connectivity index (χ3v) is 0.852. The van der Waals surface area contributed by atoms with Crippen molar-refractivity contribution in [2.24, 2.45) is 11.3 Å². The van der Waals surface area contributed by atoms with Crippen molar-refractivity contribution in [2.45, 2.75) is 27.2 Å². The van der Waals surface area contributed by atoms with Gasteiger partial charge in [0, 0.05) is 6.42 Å². The predicted molar refractivity (Wildman–Crippen MR) is 43.7 cm³/mol. The van der Waals surface area contributed by atoms with E-state index in [1.54, 1.807) is 0 Å². The molecule has 0 saturated heterocycles. The van der Waals surface area contributed by atoms with Crippen molar-refractivity contribution in [1.82, 2.24) is 5.43 Å². The Labute approximate surface area is 67.7 Å². The van der Waals surface area contributed by atoms with E-state index in [9.17, 15) is 4.79 Å². The van der Waals surface area contributed by atoms with Gasteiger partial charge >= 0.3 is 0 Å². The Kier molecular flexibility index (Phi) is 5.61. The molecule has 0 aromatic heterocycles. The normalized spacial score (nSPS) is 10.0. The fraction of sp³-hybridized carbons (Fsp3) is 0.833. The molecule has 62 valence electrons. The molecule has 1 amide bonds. The number of nitrogens with two attached hydrogens (primary N) is 1. The minimum Gasteiger partial charge on any atom is -0.294 e. The van der Waals surface area contributed by atoms with E-state index in [1.165, 1.54) is 0 Å². The second-order valence-corrected chi connectivity index (χ2v) is 3.30. The van der Waals surface area contributed by atoms with E-state index < -0.39 is 0 Å². The lowest BCUT2D eigenvalue weighted by Crippen LogP contribution is -2.32. The number of halogens is 1. The lowest BCUT2D eigenvalue weighted by molar-refractivity contribution is -0.122. The number of hydrogen-bond acceptors (Lipinski definition) is 2. The van der Waals surface area contributed by atoms with Gasteiger partial charge in [0.25, 0.3) is 0 Å². The SMILES string of the molecule is CC(C)(C)CC(=O)NN.Cl. The van der Waals surface area contributed by atoms with Crippen molar-refractivity contribution >= 4 is 18.3 Å². The van der Waals surface area contributed by atoms with Crippen LogP contribution in [0.4, 0.5) is 0 Å². The van der Waals surface area contributed by atoms with E-state index in [0.717, 1.165) is 0 Å². The van der Waals surface area contributed by atoms with Gasteiger partial charge in [-0.05, 0) is 5.41 Å². The topological polar surface area (TPSA) is 55.1 Å². The van der Waals surface area contributed by atoms with Crippen LogP contribution in [0.15, 0.2) is 0 Å². The Morgan fingerprint density at radius 3 is 2.00 bits per heavy atom. The fourth-order valence-electron chi connectivity index (χ4n) is 0.533. The summed E-state index contributed by atoms with van der Waals surface area (Å²) in [6.45, 7) is 5.96. The molecule has 0 atom stereocenters. The summed E-state index contributed by atoms with van der Waals surface area (Å²) in [5, 5.41) is 0. The third kappa shape index (κ3) is 7.72. The zero-order chi connectivity index (χ0) is 7.49. The first-order chi connectivity index (χ1) is 3.95. The van der Waals surface area contributed by atoms with Gasteiger partial charge in [-0.3, -0.25) is 10.2 Å². The molecule has 0 aromatic carbocycles. The van der Waals surface area contributed by atoms with Crippen molar-refractivity contribution in [3.8, 4) is 0 Å². The maximum absolute atomic E-state index is 10.6. The maximum atomic E-state index is 10.6. The average molecular weight is 167 g/mol. The van der Waals surface area contributed by atoms with Gasteiger partial charge in [-0.15, -0.1) is 12.4 Å². The van der Waals surface area contributed by atoms with E-state index in [4.69, 9.17) is 5.84 Å². The van der Waals surface area contributed by atoms with Gasteiger partial charge in [0.1, 0.15) is 0 Å². The highest BCUT2D eigenvalue weighted by Gasteiger charge is 2.14. The molecule has 10 heavy (non-hydrogen) atoms. The molecule has 0 aliphatic carbocycles. The van der Waals surface area contributed by atoms with Gasteiger partial charge in [-0.1, -0.05) is 20.8 Å². The van der Waals surface area contributed by atoms with E-state index in [-0.39, 0.29) is 23.7 Å². The largest absolute Gasteiger partial charge is 0.294 e. The summed E-state index contributed by atoms with van der Waals surface area (Å²) < 4.78 is 0. The van der Waals surface area contributed by atoms with Crippen molar-refractivity contribution in [3.63, 3.8) is 0 Å². The number of nitrogens with one attached hydrogen (secondary N) is 1. The average Bonchev–Trinajstić information content (AvgIpc) is 1.62. The first-order valence-electron chi connectivity index (χ1n) is 2.95.